The number of piperidine rings is 1. The summed E-state index contributed by atoms with van der Waals surface area (Å²) in [7, 11) is -2.56. The molecule has 0 spiro atoms. The van der Waals surface area contributed by atoms with Crippen LogP contribution in [0.4, 0.5) is 4.39 Å². The molecule has 1 saturated heterocycles. The van der Waals surface area contributed by atoms with E-state index in [1.807, 2.05) is 0 Å². The van der Waals surface area contributed by atoms with Crippen LogP contribution in [0.3, 0.4) is 0 Å². The Labute approximate surface area is 187 Å². The molecule has 3 rings (SSSR count). The second-order valence-electron chi connectivity index (χ2n) is 7.83. The molecular weight excluding hydrogens is 435 g/mol. The first-order chi connectivity index (χ1) is 15.1. The predicted molar refractivity (Wildman–Crippen MR) is 117 cm³/mol. The number of ether oxygens (including phenoxy) is 1. The molecule has 0 radical (unpaired) electrons. The molecule has 2 atom stereocenters. The number of amides is 1. The van der Waals surface area contributed by atoms with Gasteiger partial charge in [0.1, 0.15) is 6.04 Å². The summed E-state index contributed by atoms with van der Waals surface area (Å²) in [6.45, 7) is 3.34. The number of carbonyl (C=O) groups excluding carboxylic acids is 2. The Morgan fingerprint density at radius 3 is 2.44 bits per heavy atom. The lowest BCUT2D eigenvalue weighted by molar-refractivity contribution is -0.126. The third-order valence-electron chi connectivity index (χ3n) is 5.66. The topological polar surface area (TPSA) is 92.8 Å². The van der Waals surface area contributed by atoms with E-state index >= 15 is 0 Å². The lowest BCUT2D eigenvalue weighted by Crippen LogP contribution is -2.52. The number of hydrogen-bond acceptors (Lipinski definition) is 5. The van der Waals surface area contributed by atoms with E-state index in [9.17, 15) is 22.4 Å². The van der Waals surface area contributed by atoms with Crippen LogP contribution in [0.5, 0.6) is 5.75 Å². The standard InChI is InChI=1S/C23H27FN2O5S/c1-15(18-9-12-22(31-3)20(24)14-18)25-23(28)21-6-4-5-13-26(21)32(29,30)19-10-7-17(8-11-19)16(2)27/h7-12,14-15,21H,4-6,13H2,1-3H3,(H,25,28)/t15-,21-/m0/s1. The number of benzene rings is 2. The van der Waals surface area contributed by atoms with Gasteiger partial charge < -0.3 is 10.1 Å². The van der Waals surface area contributed by atoms with Crippen LogP contribution in [0, 0.1) is 5.82 Å². The van der Waals surface area contributed by atoms with Crippen molar-refractivity contribution in [2.45, 2.75) is 50.1 Å². The van der Waals surface area contributed by atoms with Gasteiger partial charge >= 0.3 is 0 Å². The van der Waals surface area contributed by atoms with Crippen molar-refractivity contribution in [1.82, 2.24) is 9.62 Å². The number of halogens is 1. The van der Waals surface area contributed by atoms with Gasteiger partial charge in [-0.25, -0.2) is 12.8 Å². The van der Waals surface area contributed by atoms with Gasteiger partial charge in [-0.05, 0) is 56.5 Å². The van der Waals surface area contributed by atoms with Crippen molar-refractivity contribution in [1.29, 1.82) is 0 Å². The zero-order valence-corrected chi connectivity index (χ0v) is 19.1. The third kappa shape index (κ3) is 4.99. The molecule has 1 aliphatic rings. The molecule has 2 aromatic carbocycles. The summed E-state index contributed by atoms with van der Waals surface area (Å²) in [5, 5.41) is 2.81. The Kier molecular flexibility index (Phi) is 7.30. The van der Waals surface area contributed by atoms with Gasteiger partial charge in [0.15, 0.2) is 17.3 Å². The van der Waals surface area contributed by atoms with Crippen LogP contribution in [0.2, 0.25) is 0 Å². The number of carbonyl (C=O) groups is 2. The highest BCUT2D eigenvalue weighted by molar-refractivity contribution is 7.89. The normalized spacial score (nSPS) is 18.1. The van der Waals surface area contributed by atoms with Crippen molar-refractivity contribution in [3.63, 3.8) is 0 Å². The van der Waals surface area contributed by atoms with Crippen molar-refractivity contribution in [2.75, 3.05) is 13.7 Å². The molecule has 0 unspecified atom stereocenters. The van der Waals surface area contributed by atoms with Gasteiger partial charge in [0, 0.05) is 12.1 Å². The summed E-state index contributed by atoms with van der Waals surface area (Å²) in [6.07, 6.45) is 1.76. The average Bonchev–Trinajstić information content (AvgIpc) is 2.79. The Bertz CT molecular complexity index is 1100. The van der Waals surface area contributed by atoms with Gasteiger partial charge in [-0.3, -0.25) is 9.59 Å². The molecular formula is C23H27FN2O5S. The van der Waals surface area contributed by atoms with Crippen LogP contribution in [0.1, 0.15) is 55.1 Å². The maximum Gasteiger partial charge on any atom is 0.243 e. The van der Waals surface area contributed by atoms with Gasteiger partial charge in [0.25, 0.3) is 0 Å². The van der Waals surface area contributed by atoms with Crippen LogP contribution in [-0.4, -0.2) is 44.1 Å². The molecule has 1 aliphatic heterocycles. The maximum atomic E-state index is 14.0. The van der Waals surface area contributed by atoms with E-state index in [-0.39, 0.29) is 23.0 Å². The predicted octanol–water partition coefficient (Wildman–Crippen LogP) is 3.46. The summed E-state index contributed by atoms with van der Waals surface area (Å²) >= 11 is 0. The molecule has 1 N–H and O–H groups in total. The second kappa shape index (κ2) is 9.79. The fourth-order valence-electron chi connectivity index (χ4n) is 3.80. The summed E-state index contributed by atoms with van der Waals surface area (Å²) < 4.78 is 46.7. The van der Waals surface area contributed by atoms with E-state index in [1.165, 1.54) is 54.7 Å². The van der Waals surface area contributed by atoms with E-state index in [0.29, 0.717) is 24.0 Å². The zero-order chi connectivity index (χ0) is 23.5. The summed E-state index contributed by atoms with van der Waals surface area (Å²) in [5.41, 5.74) is 0.958. The smallest absolute Gasteiger partial charge is 0.243 e. The molecule has 9 heteroatoms. The van der Waals surface area contributed by atoms with Crippen molar-refractivity contribution in [3.8, 4) is 5.75 Å². The molecule has 172 valence electrons. The molecule has 1 heterocycles. The Hall–Kier alpha value is -2.78. The van der Waals surface area contributed by atoms with Gasteiger partial charge in [-0.2, -0.15) is 4.31 Å². The van der Waals surface area contributed by atoms with Crippen LogP contribution < -0.4 is 10.1 Å². The number of rotatable bonds is 7. The molecule has 7 nitrogen and oxygen atoms in total. The maximum absolute atomic E-state index is 14.0. The van der Waals surface area contributed by atoms with E-state index in [4.69, 9.17) is 4.74 Å². The number of sulfonamides is 1. The minimum atomic E-state index is -3.93. The van der Waals surface area contributed by atoms with Gasteiger partial charge in [-0.1, -0.05) is 24.6 Å². The lowest BCUT2D eigenvalue weighted by atomic mass is 10.0. The first-order valence-corrected chi connectivity index (χ1v) is 11.9. The van der Waals surface area contributed by atoms with Crippen molar-refractivity contribution in [2.24, 2.45) is 0 Å². The number of hydrogen-bond donors (Lipinski definition) is 1. The minimum absolute atomic E-state index is 0.0347. The SMILES string of the molecule is COc1ccc([C@H](C)NC(=O)[C@@H]2CCCCN2S(=O)(=O)c2ccc(C(C)=O)cc2)cc1F. The van der Waals surface area contributed by atoms with E-state index < -0.39 is 33.8 Å². The van der Waals surface area contributed by atoms with E-state index in [1.54, 1.807) is 13.0 Å². The van der Waals surface area contributed by atoms with Crippen LogP contribution in [-0.2, 0) is 14.8 Å². The summed E-state index contributed by atoms with van der Waals surface area (Å²) in [5.74, 6) is -1.03. The number of ketones is 1. The van der Waals surface area contributed by atoms with Crippen LogP contribution >= 0.6 is 0 Å². The summed E-state index contributed by atoms with van der Waals surface area (Å²) in [4.78, 5) is 24.6. The highest BCUT2D eigenvalue weighted by atomic mass is 32.2. The molecule has 0 bridgehead atoms. The number of methoxy groups -OCH3 is 1. The van der Waals surface area contributed by atoms with Gasteiger partial charge in [0.05, 0.1) is 18.0 Å². The number of Topliss-reactive ketones (excluding diaryl/α,β-unsaturated/α-hetero) is 1. The fraction of sp³-hybridized carbons (Fsp3) is 0.391. The average molecular weight is 463 g/mol. The van der Waals surface area contributed by atoms with Crippen LogP contribution in [0.25, 0.3) is 0 Å². The first-order valence-electron chi connectivity index (χ1n) is 10.4. The van der Waals surface area contributed by atoms with Gasteiger partial charge in [-0.15, -0.1) is 0 Å². The lowest BCUT2D eigenvalue weighted by Gasteiger charge is -2.34. The molecule has 32 heavy (non-hydrogen) atoms. The molecule has 0 aliphatic carbocycles. The second-order valence-corrected chi connectivity index (χ2v) is 9.72. The number of nitrogens with one attached hydrogen (secondary N) is 1. The molecule has 1 amide bonds. The molecule has 2 aromatic rings. The molecule has 0 saturated carbocycles. The molecule has 0 aromatic heterocycles. The summed E-state index contributed by atoms with van der Waals surface area (Å²) in [6, 6.07) is 8.74. The number of nitrogens with zero attached hydrogens (tertiary/aromatic N) is 1. The van der Waals surface area contributed by atoms with Crippen molar-refractivity contribution < 1.29 is 27.1 Å². The molecule has 1 fully saturated rings. The Morgan fingerprint density at radius 1 is 1.16 bits per heavy atom. The Morgan fingerprint density at radius 2 is 1.84 bits per heavy atom. The minimum Gasteiger partial charge on any atom is -0.494 e. The van der Waals surface area contributed by atoms with Crippen LogP contribution in [0.15, 0.2) is 47.4 Å². The fourth-order valence-corrected chi connectivity index (χ4v) is 5.45. The largest absolute Gasteiger partial charge is 0.494 e. The van der Waals surface area contributed by atoms with Gasteiger partial charge in [0.2, 0.25) is 15.9 Å². The third-order valence-corrected chi connectivity index (χ3v) is 7.58. The van der Waals surface area contributed by atoms with Crippen molar-refractivity contribution >= 4 is 21.7 Å². The van der Waals surface area contributed by atoms with E-state index in [2.05, 4.69) is 5.32 Å². The highest BCUT2D eigenvalue weighted by Crippen LogP contribution is 2.27. The Balaban J connectivity index is 1.80. The van der Waals surface area contributed by atoms with Crippen molar-refractivity contribution in [3.05, 3.63) is 59.4 Å². The highest BCUT2D eigenvalue weighted by Gasteiger charge is 2.38. The monoisotopic (exact) mass is 462 g/mol. The zero-order valence-electron chi connectivity index (χ0n) is 18.3. The quantitative estimate of drug-likeness (QED) is 0.636. The first kappa shape index (κ1) is 23.9. The van der Waals surface area contributed by atoms with E-state index in [0.717, 1.165) is 6.42 Å².